The third kappa shape index (κ3) is 3.18. The lowest BCUT2D eigenvalue weighted by atomic mass is 10.0. The first-order valence-corrected chi connectivity index (χ1v) is 7.48. The van der Waals surface area contributed by atoms with Crippen molar-refractivity contribution in [3.05, 3.63) is 35.4 Å². The highest BCUT2D eigenvalue weighted by molar-refractivity contribution is 5.89. The van der Waals surface area contributed by atoms with E-state index in [2.05, 4.69) is 5.32 Å². The average molecular weight is 326 g/mol. The van der Waals surface area contributed by atoms with Crippen LogP contribution >= 0.6 is 0 Å². The Kier molecular flexibility index (Phi) is 3.82. The summed E-state index contributed by atoms with van der Waals surface area (Å²) in [6, 6.07) is 5.19. The number of benzene rings is 1. The Balaban J connectivity index is 1.65. The van der Waals surface area contributed by atoms with Crippen LogP contribution in [0.4, 0.5) is 13.2 Å². The van der Waals surface area contributed by atoms with Crippen LogP contribution in [0, 0.1) is 5.92 Å². The van der Waals surface area contributed by atoms with Gasteiger partial charge in [0.15, 0.2) is 0 Å². The zero-order valence-electron chi connectivity index (χ0n) is 12.6. The molecular weight excluding hydrogens is 309 g/mol. The average Bonchev–Trinajstić information content (AvgIpc) is 3.16. The predicted molar refractivity (Wildman–Crippen MR) is 76.5 cm³/mol. The van der Waals surface area contributed by atoms with Gasteiger partial charge in [-0.2, -0.15) is 13.2 Å². The summed E-state index contributed by atoms with van der Waals surface area (Å²) in [6.07, 6.45) is -3.73. The summed E-state index contributed by atoms with van der Waals surface area (Å²) in [5.41, 5.74) is -0.414. The number of hydrogen-bond acceptors (Lipinski definition) is 2. The molecule has 1 aliphatic heterocycles. The molecule has 7 heteroatoms. The topological polar surface area (TPSA) is 49.4 Å². The highest BCUT2D eigenvalue weighted by atomic mass is 19.4. The quantitative estimate of drug-likeness (QED) is 0.925. The first-order valence-electron chi connectivity index (χ1n) is 7.48. The third-order valence-electron chi connectivity index (χ3n) is 4.50. The van der Waals surface area contributed by atoms with Crippen molar-refractivity contribution in [2.45, 2.75) is 31.0 Å². The molecule has 3 atom stereocenters. The second-order valence-electron chi connectivity index (χ2n) is 6.22. The van der Waals surface area contributed by atoms with Gasteiger partial charge in [-0.1, -0.05) is 18.2 Å². The molecule has 1 saturated heterocycles. The number of carbonyl (C=O) groups is 2. The molecule has 1 N–H and O–H groups in total. The zero-order chi connectivity index (χ0) is 16.8. The minimum absolute atomic E-state index is 0.0834. The summed E-state index contributed by atoms with van der Waals surface area (Å²) >= 11 is 0. The minimum Gasteiger partial charge on any atom is -0.352 e. The van der Waals surface area contributed by atoms with Crippen molar-refractivity contribution < 1.29 is 22.8 Å². The molecule has 2 amide bonds. The maximum absolute atomic E-state index is 13.0. The van der Waals surface area contributed by atoms with Crippen LogP contribution in [-0.4, -0.2) is 36.3 Å². The fraction of sp³-hybridized carbons (Fsp3) is 0.500. The predicted octanol–water partition coefficient (Wildman–Crippen LogP) is 2.16. The van der Waals surface area contributed by atoms with E-state index in [-0.39, 0.29) is 35.8 Å². The fourth-order valence-corrected chi connectivity index (χ4v) is 3.12. The van der Waals surface area contributed by atoms with Crippen LogP contribution in [0.5, 0.6) is 0 Å². The van der Waals surface area contributed by atoms with E-state index in [9.17, 15) is 22.8 Å². The van der Waals surface area contributed by atoms with Crippen LogP contribution in [0.2, 0.25) is 0 Å². The fourth-order valence-electron chi connectivity index (χ4n) is 3.12. The highest BCUT2D eigenvalue weighted by Gasteiger charge is 2.46. The number of carbonyl (C=O) groups excluding carboxylic acids is 2. The lowest BCUT2D eigenvalue weighted by Gasteiger charge is -2.14. The van der Waals surface area contributed by atoms with Crippen molar-refractivity contribution in [3.8, 4) is 0 Å². The molecule has 0 unspecified atom stereocenters. The molecular formula is C16H17F3N2O2. The molecule has 1 saturated carbocycles. The van der Waals surface area contributed by atoms with E-state index in [4.69, 9.17) is 0 Å². The van der Waals surface area contributed by atoms with Gasteiger partial charge in [-0.25, -0.2) is 0 Å². The van der Waals surface area contributed by atoms with Gasteiger partial charge in [0.2, 0.25) is 11.8 Å². The number of nitrogens with one attached hydrogen (secondary N) is 1. The Hall–Kier alpha value is -2.05. The Morgan fingerprint density at radius 2 is 2.00 bits per heavy atom. The standard InChI is InChI=1S/C16H17F3N2O2/c1-21-8-9(6-14(21)22)15(23)20-13-7-11(13)10-4-2-3-5-12(10)16(17,18)19/h2-5,9,11,13H,6-8H2,1H3,(H,20,23)/t9-,11-,13-/m1/s1. The molecule has 1 heterocycles. The maximum Gasteiger partial charge on any atom is 0.416 e. The number of likely N-dealkylation sites (tertiary alicyclic amines) is 1. The molecule has 0 aromatic heterocycles. The molecule has 2 fully saturated rings. The summed E-state index contributed by atoms with van der Waals surface area (Å²) in [5.74, 6) is -1.06. The number of alkyl halides is 3. The summed E-state index contributed by atoms with van der Waals surface area (Å²) in [7, 11) is 1.63. The van der Waals surface area contributed by atoms with Crippen LogP contribution in [0.25, 0.3) is 0 Å². The van der Waals surface area contributed by atoms with E-state index in [1.54, 1.807) is 13.1 Å². The summed E-state index contributed by atoms with van der Waals surface area (Å²) < 4.78 is 39.1. The van der Waals surface area contributed by atoms with Crippen LogP contribution in [0.15, 0.2) is 24.3 Å². The van der Waals surface area contributed by atoms with Crippen LogP contribution in [0.1, 0.15) is 29.9 Å². The first kappa shape index (κ1) is 15.8. The molecule has 23 heavy (non-hydrogen) atoms. The van der Waals surface area contributed by atoms with Crippen molar-refractivity contribution in [1.82, 2.24) is 10.2 Å². The SMILES string of the molecule is CN1C[C@H](C(=O)N[C@@H]2C[C@@H]2c2ccccc2C(F)(F)F)CC1=O. The van der Waals surface area contributed by atoms with Crippen molar-refractivity contribution in [2.24, 2.45) is 5.92 Å². The van der Waals surface area contributed by atoms with Gasteiger partial charge in [-0.15, -0.1) is 0 Å². The van der Waals surface area contributed by atoms with Crippen LogP contribution in [0.3, 0.4) is 0 Å². The molecule has 1 aromatic rings. The van der Waals surface area contributed by atoms with Gasteiger partial charge in [0.05, 0.1) is 11.5 Å². The normalized spacial score (nSPS) is 27.2. The Morgan fingerprint density at radius 1 is 1.30 bits per heavy atom. The molecule has 124 valence electrons. The van der Waals surface area contributed by atoms with Gasteiger partial charge in [0.25, 0.3) is 0 Å². The third-order valence-corrected chi connectivity index (χ3v) is 4.50. The Bertz CT molecular complexity index is 644. The van der Waals surface area contributed by atoms with Gasteiger partial charge in [0.1, 0.15) is 0 Å². The van der Waals surface area contributed by atoms with E-state index < -0.39 is 17.7 Å². The van der Waals surface area contributed by atoms with E-state index in [1.807, 2.05) is 0 Å². The number of amides is 2. The Morgan fingerprint density at radius 3 is 2.61 bits per heavy atom. The van der Waals surface area contributed by atoms with Gasteiger partial charge >= 0.3 is 6.18 Å². The van der Waals surface area contributed by atoms with Crippen LogP contribution < -0.4 is 5.32 Å². The second-order valence-corrected chi connectivity index (χ2v) is 6.22. The number of rotatable bonds is 3. The van der Waals surface area contributed by atoms with Crippen molar-refractivity contribution >= 4 is 11.8 Å². The summed E-state index contributed by atoms with van der Waals surface area (Å²) in [4.78, 5) is 25.1. The Labute approximate surface area is 131 Å². The number of halogens is 3. The lowest BCUT2D eigenvalue weighted by Crippen LogP contribution is -2.34. The van der Waals surface area contributed by atoms with Gasteiger partial charge in [-0.05, 0) is 18.1 Å². The minimum atomic E-state index is -4.39. The zero-order valence-corrected chi connectivity index (χ0v) is 12.6. The molecule has 1 aromatic carbocycles. The smallest absolute Gasteiger partial charge is 0.352 e. The van der Waals surface area contributed by atoms with Gasteiger partial charge in [0, 0.05) is 32.0 Å². The highest BCUT2D eigenvalue weighted by Crippen LogP contribution is 2.46. The molecule has 0 bridgehead atoms. The molecule has 4 nitrogen and oxygen atoms in total. The molecule has 0 spiro atoms. The monoisotopic (exact) mass is 326 g/mol. The largest absolute Gasteiger partial charge is 0.416 e. The van der Waals surface area contributed by atoms with Crippen molar-refractivity contribution in [3.63, 3.8) is 0 Å². The second kappa shape index (κ2) is 5.54. The first-order chi connectivity index (χ1) is 10.8. The van der Waals surface area contributed by atoms with E-state index in [1.165, 1.54) is 17.0 Å². The van der Waals surface area contributed by atoms with E-state index in [0.717, 1.165) is 6.07 Å². The molecule has 0 radical (unpaired) electrons. The van der Waals surface area contributed by atoms with Gasteiger partial charge < -0.3 is 10.2 Å². The molecule has 1 aliphatic carbocycles. The molecule has 3 rings (SSSR count). The van der Waals surface area contributed by atoms with E-state index in [0.29, 0.717) is 13.0 Å². The van der Waals surface area contributed by atoms with Crippen molar-refractivity contribution in [1.29, 1.82) is 0 Å². The van der Waals surface area contributed by atoms with Crippen molar-refractivity contribution in [2.75, 3.05) is 13.6 Å². The maximum atomic E-state index is 13.0. The lowest BCUT2D eigenvalue weighted by molar-refractivity contribution is -0.138. The number of hydrogen-bond donors (Lipinski definition) is 1. The van der Waals surface area contributed by atoms with Gasteiger partial charge in [-0.3, -0.25) is 9.59 Å². The summed E-state index contributed by atoms with van der Waals surface area (Å²) in [6.45, 7) is 0.362. The summed E-state index contributed by atoms with van der Waals surface area (Å²) in [5, 5.41) is 2.78. The molecule has 2 aliphatic rings. The van der Waals surface area contributed by atoms with E-state index >= 15 is 0 Å². The number of nitrogens with zero attached hydrogens (tertiary/aromatic N) is 1. The van der Waals surface area contributed by atoms with Crippen LogP contribution in [-0.2, 0) is 15.8 Å².